The lowest BCUT2D eigenvalue weighted by atomic mass is 10.4. The fourth-order valence-electron chi connectivity index (χ4n) is 2.11. The summed E-state index contributed by atoms with van der Waals surface area (Å²) < 4.78 is 1.79. The van der Waals surface area contributed by atoms with Gasteiger partial charge in [-0.05, 0) is 33.6 Å². The minimum absolute atomic E-state index is 0.0785. The minimum Gasteiger partial charge on any atom is -0.310 e. The monoisotopic (exact) mass is 320 g/mol. The van der Waals surface area contributed by atoms with Crippen LogP contribution < -0.4 is 5.32 Å². The van der Waals surface area contributed by atoms with Crippen molar-refractivity contribution in [2.24, 2.45) is 0 Å². The zero-order valence-corrected chi connectivity index (χ0v) is 13.7. The normalized spacial score (nSPS) is 16.0. The third kappa shape index (κ3) is 3.32. The van der Waals surface area contributed by atoms with Crippen molar-refractivity contribution >= 4 is 23.5 Å². The first-order chi connectivity index (χ1) is 10.5. The molecular weight excluding hydrogens is 300 g/mol. The number of anilines is 1. The molecule has 1 fully saturated rings. The van der Waals surface area contributed by atoms with Crippen LogP contribution in [0.5, 0.6) is 0 Å². The van der Waals surface area contributed by atoms with Crippen molar-refractivity contribution in [2.45, 2.75) is 56.0 Å². The molecule has 1 amide bonds. The molecule has 1 aliphatic carbocycles. The highest BCUT2D eigenvalue weighted by atomic mass is 32.2. The predicted octanol–water partition coefficient (Wildman–Crippen LogP) is 2.58. The second-order valence-corrected chi connectivity index (χ2v) is 7.09. The lowest BCUT2D eigenvalue weighted by molar-refractivity contribution is -0.115. The van der Waals surface area contributed by atoms with Crippen molar-refractivity contribution in [2.75, 3.05) is 5.32 Å². The Morgan fingerprint density at radius 2 is 2.23 bits per heavy atom. The maximum Gasteiger partial charge on any atom is 0.238 e. The van der Waals surface area contributed by atoms with Crippen molar-refractivity contribution in [1.82, 2.24) is 25.0 Å². The molecule has 2 aromatic heterocycles. The second-order valence-electron chi connectivity index (χ2n) is 5.78. The Morgan fingerprint density at radius 1 is 1.45 bits per heavy atom. The maximum atomic E-state index is 12.3. The quantitative estimate of drug-likeness (QED) is 0.799. The largest absolute Gasteiger partial charge is 0.310 e. The van der Waals surface area contributed by atoms with E-state index in [1.165, 1.54) is 24.6 Å². The zero-order chi connectivity index (χ0) is 15.7. The number of nitrogens with zero attached hydrogens (tertiary/aromatic N) is 4. The molecule has 2 aromatic rings. The molecule has 1 aliphatic rings. The first-order valence-corrected chi connectivity index (χ1v) is 8.36. The van der Waals surface area contributed by atoms with Gasteiger partial charge in [-0.3, -0.25) is 9.89 Å². The number of nitrogens with one attached hydrogen (secondary N) is 2. The van der Waals surface area contributed by atoms with Gasteiger partial charge in [-0.2, -0.15) is 5.10 Å². The molecule has 0 spiro atoms. The van der Waals surface area contributed by atoms with Gasteiger partial charge in [-0.1, -0.05) is 11.8 Å². The van der Waals surface area contributed by atoms with Crippen LogP contribution in [0.15, 0.2) is 17.4 Å². The summed E-state index contributed by atoms with van der Waals surface area (Å²) in [5.41, 5.74) is 0. The molecule has 0 saturated heterocycles. The van der Waals surface area contributed by atoms with Gasteiger partial charge in [0.2, 0.25) is 11.1 Å². The first-order valence-electron chi connectivity index (χ1n) is 7.48. The molecule has 1 atom stereocenters. The molecule has 3 rings (SSSR count). The molecule has 0 aromatic carbocycles. The zero-order valence-electron chi connectivity index (χ0n) is 12.9. The Kier molecular flexibility index (Phi) is 4.19. The van der Waals surface area contributed by atoms with Gasteiger partial charge in [0.15, 0.2) is 0 Å². The summed E-state index contributed by atoms with van der Waals surface area (Å²) in [5.74, 6) is 2.10. The van der Waals surface area contributed by atoms with Gasteiger partial charge >= 0.3 is 0 Å². The fraction of sp³-hybridized carbons (Fsp3) is 0.571. The molecule has 1 saturated carbocycles. The predicted molar refractivity (Wildman–Crippen MR) is 84.9 cm³/mol. The molecule has 118 valence electrons. The Bertz CT molecular complexity index is 660. The highest BCUT2D eigenvalue weighted by Crippen LogP contribution is 2.38. The van der Waals surface area contributed by atoms with Gasteiger partial charge in [0, 0.05) is 18.0 Å². The number of rotatable bonds is 6. The standard InChI is InChI=1S/C14H20N6OS/c1-8(2)20-11(6-7-15-20)16-13(21)9(3)22-14-17-12(18-19-14)10-4-5-10/h6-10H,4-5H2,1-3H3,(H,16,21)(H,17,18,19). The van der Waals surface area contributed by atoms with Gasteiger partial charge in [0.1, 0.15) is 11.6 Å². The van der Waals surface area contributed by atoms with E-state index in [9.17, 15) is 4.79 Å². The average Bonchev–Trinajstić information content (AvgIpc) is 3.04. The van der Waals surface area contributed by atoms with Gasteiger partial charge in [0.25, 0.3) is 0 Å². The van der Waals surface area contributed by atoms with E-state index in [1.807, 2.05) is 20.8 Å². The molecule has 0 aliphatic heterocycles. The molecule has 0 radical (unpaired) electrons. The Labute approximate surface area is 133 Å². The van der Waals surface area contributed by atoms with E-state index in [0.29, 0.717) is 16.9 Å². The van der Waals surface area contributed by atoms with Crippen LogP contribution in [0.3, 0.4) is 0 Å². The van der Waals surface area contributed by atoms with Crippen LogP contribution in [0, 0.1) is 0 Å². The summed E-state index contributed by atoms with van der Waals surface area (Å²) >= 11 is 1.36. The number of hydrogen-bond acceptors (Lipinski definition) is 5. The van der Waals surface area contributed by atoms with Gasteiger partial charge in [-0.15, -0.1) is 5.10 Å². The van der Waals surface area contributed by atoms with Crippen LogP contribution in [-0.4, -0.2) is 36.1 Å². The van der Waals surface area contributed by atoms with Crippen molar-refractivity contribution in [1.29, 1.82) is 0 Å². The topological polar surface area (TPSA) is 88.5 Å². The second kappa shape index (κ2) is 6.12. The van der Waals surface area contributed by atoms with Crippen LogP contribution in [-0.2, 0) is 4.79 Å². The summed E-state index contributed by atoms with van der Waals surface area (Å²) in [4.78, 5) is 16.7. The lowest BCUT2D eigenvalue weighted by Crippen LogP contribution is -2.24. The van der Waals surface area contributed by atoms with E-state index in [1.54, 1.807) is 16.9 Å². The van der Waals surface area contributed by atoms with E-state index in [4.69, 9.17) is 0 Å². The summed E-state index contributed by atoms with van der Waals surface area (Å²) in [5, 5.41) is 14.6. The Balaban J connectivity index is 1.59. The molecule has 1 unspecified atom stereocenters. The summed E-state index contributed by atoms with van der Waals surface area (Å²) in [7, 11) is 0. The number of hydrogen-bond donors (Lipinski definition) is 2. The maximum absolute atomic E-state index is 12.3. The smallest absolute Gasteiger partial charge is 0.238 e. The number of carbonyl (C=O) groups excluding carboxylic acids is 1. The SMILES string of the molecule is CC(Sc1n[nH]c(C2CC2)n1)C(=O)Nc1ccnn1C(C)C. The van der Waals surface area contributed by atoms with E-state index in [2.05, 4.69) is 25.6 Å². The number of carbonyl (C=O) groups is 1. The van der Waals surface area contributed by atoms with Crippen LogP contribution in [0.25, 0.3) is 0 Å². The van der Waals surface area contributed by atoms with Crippen LogP contribution in [0.1, 0.15) is 51.4 Å². The van der Waals surface area contributed by atoms with Gasteiger partial charge in [0.05, 0.1) is 11.4 Å². The van der Waals surface area contributed by atoms with E-state index in [-0.39, 0.29) is 17.2 Å². The highest BCUT2D eigenvalue weighted by molar-refractivity contribution is 8.00. The molecule has 2 heterocycles. The molecule has 22 heavy (non-hydrogen) atoms. The van der Waals surface area contributed by atoms with E-state index >= 15 is 0 Å². The third-order valence-corrected chi connectivity index (χ3v) is 4.47. The number of aromatic nitrogens is 5. The van der Waals surface area contributed by atoms with Gasteiger partial charge in [-0.25, -0.2) is 9.67 Å². The van der Waals surface area contributed by atoms with Crippen molar-refractivity contribution in [3.05, 3.63) is 18.1 Å². The molecule has 0 bridgehead atoms. The van der Waals surface area contributed by atoms with Crippen molar-refractivity contribution in [3.8, 4) is 0 Å². The first kappa shape index (κ1) is 15.1. The number of H-pyrrole nitrogens is 1. The van der Waals surface area contributed by atoms with Crippen LogP contribution >= 0.6 is 11.8 Å². The van der Waals surface area contributed by atoms with Crippen molar-refractivity contribution in [3.63, 3.8) is 0 Å². The summed E-state index contributed by atoms with van der Waals surface area (Å²) in [6.07, 6.45) is 4.04. The van der Waals surface area contributed by atoms with Crippen molar-refractivity contribution < 1.29 is 4.79 Å². The van der Waals surface area contributed by atoms with Crippen LogP contribution in [0.2, 0.25) is 0 Å². The third-order valence-electron chi connectivity index (χ3n) is 3.51. The summed E-state index contributed by atoms with van der Waals surface area (Å²) in [6.45, 7) is 5.89. The molecule has 8 heteroatoms. The average molecular weight is 320 g/mol. The summed E-state index contributed by atoms with van der Waals surface area (Å²) in [6, 6.07) is 2.00. The minimum atomic E-state index is -0.279. The number of amides is 1. The van der Waals surface area contributed by atoms with Crippen LogP contribution in [0.4, 0.5) is 5.82 Å². The number of aromatic amines is 1. The highest BCUT2D eigenvalue weighted by Gasteiger charge is 2.28. The Hall–Kier alpha value is -1.83. The molecule has 2 N–H and O–H groups in total. The van der Waals surface area contributed by atoms with E-state index < -0.39 is 0 Å². The number of thioether (sulfide) groups is 1. The molecular formula is C14H20N6OS. The van der Waals surface area contributed by atoms with Gasteiger partial charge < -0.3 is 5.32 Å². The Morgan fingerprint density at radius 3 is 2.91 bits per heavy atom. The molecule has 7 nitrogen and oxygen atoms in total. The lowest BCUT2D eigenvalue weighted by Gasteiger charge is -2.14. The van der Waals surface area contributed by atoms with E-state index in [0.717, 1.165) is 5.82 Å². The fourth-order valence-corrected chi connectivity index (χ4v) is 2.85.